The zero-order valence-corrected chi connectivity index (χ0v) is 7.67. The molecule has 0 saturated heterocycles. The molecule has 0 aliphatic carbocycles. The monoisotopic (exact) mass is 192 g/mol. The van der Waals surface area contributed by atoms with Crippen LogP contribution in [0.1, 0.15) is 15.9 Å². The van der Waals surface area contributed by atoms with Gasteiger partial charge in [-0.2, -0.15) is 5.26 Å². The second-order valence-electron chi connectivity index (χ2n) is 2.82. The van der Waals surface area contributed by atoms with E-state index in [4.69, 9.17) is 5.26 Å². The quantitative estimate of drug-likeness (QED) is 0.720. The molecular formula is C10H9FN2O. The molecule has 72 valence electrons. The zero-order valence-electron chi connectivity index (χ0n) is 7.67. The van der Waals surface area contributed by atoms with Crippen LogP contribution < -0.4 is 5.32 Å². The highest BCUT2D eigenvalue weighted by atomic mass is 19.1. The second kappa shape index (κ2) is 4.38. The van der Waals surface area contributed by atoms with E-state index in [9.17, 15) is 9.18 Å². The van der Waals surface area contributed by atoms with Gasteiger partial charge in [-0.25, -0.2) is 4.39 Å². The van der Waals surface area contributed by atoms with E-state index in [0.717, 1.165) is 5.56 Å². The van der Waals surface area contributed by atoms with E-state index in [2.05, 4.69) is 5.32 Å². The molecule has 1 aromatic rings. The number of amides is 1. The Balaban J connectivity index is 2.90. The lowest BCUT2D eigenvalue weighted by molar-refractivity contribution is 0.0954. The van der Waals surface area contributed by atoms with E-state index in [1.54, 1.807) is 19.1 Å². The number of hydrogen-bond donors (Lipinski definition) is 1. The molecule has 0 fully saturated rings. The number of benzene rings is 1. The van der Waals surface area contributed by atoms with Gasteiger partial charge in [0.15, 0.2) is 0 Å². The number of carbonyl (C=O) groups is 1. The van der Waals surface area contributed by atoms with Crippen molar-refractivity contribution >= 4 is 5.91 Å². The van der Waals surface area contributed by atoms with Gasteiger partial charge in [0.25, 0.3) is 5.91 Å². The fourth-order valence-corrected chi connectivity index (χ4v) is 1.03. The highest BCUT2D eigenvalue weighted by Crippen LogP contribution is 2.09. The molecule has 3 nitrogen and oxygen atoms in total. The number of nitrogens with one attached hydrogen (secondary N) is 1. The van der Waals surface area contributed by atoms with Crippen molar-refractivity contribution in [2.24, 2.45) is 0 Å². The molecule has 0 atom stereocenters. The number of aryl methyl sites for hydroxylation is 1. The number of hydrogen-bond acceptors (Lipinski definition) is 2. The Kier molecular flexibility index (Phi) is 3.19. The van der Waals surface area contributed by atoms with E-state index in [1.165, 1.54) is 12.1 Å². The smallest absolute Gasteiger partial charge is 0.255 e. The number of nitrogens with zero attached hydrogens (tertiary/aromatic N) is 1. The first-order valence-electron chi connectivity index (χ1n) is 4.06. The highest BCUT2D eigenvalue weighted by molar-refractivity contribution is 5.94. The van der Waals surface area contributed by atoms with Crippen LogP contribution in [0.2, 0.25) is 0 Å². The Bertz CT molecular complexity index is 396. The van der Waals surface area contributed by atoms with E-state index < -0.39 is 11.7 Å². The normalized spacial score (nSPS) is 9.21. The van der Waals surface area contributed by atoms with Crippen molar-refractivity contribution in [1.82, 2.24) is 5.32 Å². The molecule has 0 aromatic heterocycles. The number of halogens is 1. The van der Waals surface area contributed by atoms with Crippen LogP contribution in [-0.2, 0) is 0 Å². The molecule has 0 saturated carbocycles. The van der Waals surface area contributed by atoms with E-state index in [1.807, 2.05) is 0 Å². The minimum absolute atomic E-state index is 0.0275. The third-order valence-corrected chi connectivity index (χ3v) is 1.69. The predicted molar refractivity (Wildman–Crippen MR) is 49.1 cm³/mol. The summed E-state index contributed by atoms with van der Waals surface area (Å²) in [5, 5.41) is 10.5. The number of rotatable bonds is 2. The summed E-state index contributed by atoms with van der Waals surface area (Å²) < 4.78 is 13.1. The lowest BCUT2D eigenvalue weighted by Crippen LogP contribution is -2.24. The topological polar surface area (TPSA) is 52.9 Å². The van der Waals surface area contributed by atoms with Gasteiger partial charge in [0.1, 0.15) is 12.4 Å². The predicted octanol–water partition coefficient (Wildman–Crippen LogP) is 1.39. The molecule has 1 N–H and O–H groups in total. The van der Waals surface area contributed by atoms with Gasteiger partial charge < -0.3 is 5.32 Å². The molecule has 0 radical (unpaired) electrons. The fourth-order valence-electron chi connectivity index (χ4n) is 1.03. The van der Waals surface area contributed by atoms with Crippen molar-refractivity contribution in [2.75, 3.05) is 6.54 Å². The highest BCUT2D eigenvalue weighted by Gasteiger charge is 2.10. The van der Waals surface area contributed by atoms with Crippen molar-refractivity contribution in [1.29, 1.82) is 5.26 Å². The maximum absolute atomic E-state index is 13.1. The summed E-state index contributed by atoms with van der Waals surface area (Å²) in [6.07, 6.45) is 0. The second-order valence-corrected chi connectivity index (χ2v) is 2.82. The summed E-state index contributed by atoms with van der Waals surface area (Å²) in [5.41, 5.74) is 0.772. The molecule has 1 aromatic carbocycles. The Morgan fingerprint density at radius 2 is 2.36 bits per heavy atom. The van der Waals surface area contributed by atoms with Gasteiger partial charge in [0, 0.05) is 0 Å². The molecular weight excluding hydrogens is 183 g/mol. The maximum atomic E-state index is 13.1. The third kappa shape index (κ3) is 2.30. The zero-order chi connectivity index (χ0) is 10.6. The number of carbonyl (C=O) groups excluding carboxylic acids is 1. The Hall–Kier alpha value is -1.89. The summed E-state index contributed by atoms with van der Waals surface area (Å²) in [4.78, 5) is 11.3. The summed E-state index contributed by atoms with van der Waals surface area (Å²) in [7, 11) is 0. The molecule has 1 amide bonds. The molecule has 4 heteroatoms. The molecule has 0 aliphatic heterocycles. The van der Waals surface area contributed by atoms with Crippen molar-refractivity contribution < 1.29 is 9.18 Å². The summed E-state index contributed by atoms with van der Waals surface area (Å²) in [6.45, 7) is 1.65. The van der Waals surface area contributed by atoms with Crippen LogP contribution in [0.5, 0.6) is 0 Å². The lowest BCUT2D eigenvalue weighted by Gasteiger charge is -2.03. The molecule has 0 spiro atoms. The average molecular weight is 192 g/mol. The summed E-state index contributed by atoms with van der Waals surface area (Å²) in [6, 6.07) is 6.01. The lowest BCUT2D eigenvalue weighted by atomic mass is 10.1. The summed E-state index contributed by atoms with van der Waals surface area (Å²) in [5.74, 6) is -1.14. The molecule has 1 rings (SSSR count). The summed E-state index contributed by atoms with van der Waals surface area (Å²) >= 11 is 0. The Morgan fingerprint density at radius 3 is 3.00 bits per heavy atom. The molecule has 0 unspecified atom stereocenters. The first-order valence-corrected chi connectivity index (χ1v) is 4.06. The molecule has 0 heterocycles. The third-order valence-electron chi connectivity index (χ3n) is 1.69. The standard InChI is InChI=1S/C10H9FN2O/c1-7-2-3-9(11)8(6-7)10(14)13-5-4-12/h2-3,6H,5H2,1H3,(H,13,14). The first-order chi connectivity index (χ1) is 6.65. The van der Waals surface area contributed by atoms with Crippen molar-refractivity contribution in [3.05, 3.63) is 35.1 Å². The van der Waals surface area contributed by atoms with E-state index >= 15 is 0 Å². The van der Waals surface area contributed by atoms with Crippen LogP contribution in [0, 0.1) is 24.1 Å². The fraction of sp³-hybridized carbons (Fsp3) is 0.200. The van der Waals surface area contributed by atoms with Crippen molar-refractivity contribution in [3.63, 3.8) is 0 Å². The van der Waals surface area contributed by atoms with Crippen molar-refractivity contribution in [3.8, 4) is 6.07 Å². The van der Waals surface area contributed by atoms with Gasteiger partial charge in [-0.15, -0.1) is 0 Å². The Labute approximate surface area is 81.2 Å². The molecule has 0 bridgehead atoms. The van der Waals surface area contributed by atoms with Gasteiger partial charge in [-0.1, -0.05) is 11.6 Å². The molecule has 14 heavy (non-hydrogen) atoms. The van der Waals surface area contributed by atoms with Crippen LogP contribution in [-0.4, -0.2) is 12.5 Å². The SMILES string of the molecule is Cc1ccc(F)c(C(=O)NCC#N)c1. The largest absolute Gasteiger partial charge is 0.339 e. The van der Waals surface area contributed by atoms with Gasteiger partial charge in [-0.3, -0.25) is 4.79 Å². The van der Waals surface area contributed by atoms with Crippen LogP contribution >= 0.6 is 0 Å². The van der Waals surface area contributed by atoms with Crippen molar-refractivity contribution in [2.45, 2.75) is 6.92 Å². The van der Waals surface area contributed by atoms with Gasteiger partial charge in [-0.05, 0) is 19.1 Å². The van der Waals surface area contributed by atoms with Gasteiger partial charge in [0.2, 0.25) is 0 Å². The number of nitriles is 1. The van der Waals surface area contributed by atoms with Gasteiger partial charge in [0.05, 0.1) is 11.6 Å². The first kappa shape index (κ1) is 10.2. The minimum atomic E-state index is -0.578. The van der Waals surface area contributed by atoms with E-state index in [-0.39, 0.29) is 12.1 Å². The van der Waals surface area contributed by atoms with E-state index in [0.29, 0.717) is 0 Å². The molecule has 0 aliphatic rings. The average Bonchev–Trinajstić information content (AvgIpc) is 2.18. The van der Waals surface area contributed by atoms with Crippen LogP contribution in [0.4, 0.5) is 4.39 Å². The maximum Gasteiger partial charge on any atom is 0.255 e. The van der Waals surface area contributed by atoms with Crippen LogP contribution in [0.25, 0.3) is 0 Å². The van der Waals surface area contributed by atoms with Crippen LogP contribution in [0.15, 0.2) is 18.2 Å². The van der Waals surface area contributed by atoms with Crippen LogP contribution in [0.3, 0.4) is 0 Å². The van der Waals surface area contributed by atoms with Gasteiger partial charge >= 0.3 is 0 Å². The minimum Gasteiger partial charge on any atom is -0.339 e. The Morgan fingerprint density at radius 1 is 1.64 bits per heavy atom.